The molecule has 90 valence electrons. The van der Waals surface area contributed by atoms with Gasteiger partial charge in [0.1, 0.15) is 5.75 Å². The van der Waals surface area contributed by atoms with Gasteiger partial charge in [0.2, 0.25) is 0 Å². The molecular weight excluding hydrogens is 200 g/mol. The first-order valence-electron chi connectivity index (χ1n) is 6.09. The van der Waals surface area contributed by atoms with Crippen LogP contribution in [0.1, 0.15) is 45.1 Å². The molecule has 1 rings (SSSR count). The Bertz CT molecular complexity index is 292. The van der Waals surface area contributed by atoms with E-state index in [4.69, 9.17) is 4.74 Å². The summed E-state index contributed by atoms with van der Waals surface area (Å²) in [5, 5.41) is 9.76. The Kier molecular flexibility index (Phi) is 5.33. The van der Waals surface area contributed by atoms with Crippen molar-refractivity contribution in [3.63, 3.8) is 0 Å². The van der Waals surface area contributed by atoms with E-state index in [1.54, 1.807) is 0 Å². The summed E-state index contributed by atoms with van der Waals surface area (Å²) < 4.78 is 5.51. The zero-order valence-corrected chi connectivity index (χ0v) is 10.4. The van der Waals surface area contributed by atoms with Crippen LogP contribution in [-0.2, 0) is 0 Å². The smallest absolute Gasteiger partial charge is 0.119 e. The summed E-state index contributed by atoms with van der Waals surface area (Å²) in [6.07, 6.45) is 1.55. The van der Waals surface area contributed by atoms with Crippen LogP contribution >= 0.6 is 0 Å². The van der Waals surface area contributed by atoms with E-state index in [-0.39, 0.29) is 12.0 Å². The lowest BCUT2D eigenvalue weighted by Crippen LogP contribution is -2.14. The predicted molar refractivity (Wildman–Crippen MR) is 66.9 cm³/mol. The number of hydrogen-bond acceptors (Lipinski definition) is 2. The van der Waals surface area contributed by atoms with Crippen LogP contribution in [0.15, 0.2) is 24.3 Å². The molecule has 2 unspecified atom stereocenters. The highest BCUT2D eigenvalue weighted by atomic mass is 16.5. The maximum atomic E-state index is 9.76. The van der Waals surface area contributed by atoms with Gasteiger partial charge < -0.3 is 9.84 Å². The average molecular weight is 222 g/mol. The van der Waals surface area contributed by atoms with E-state index in [1.807, 2.05) is 31.2 Å². The molecule has 0 radical (unpaired) electrons. The molecule has 16 heavy (non-hydrogen) atoms. The average Bonchev–Trinajstić information content (AvgIpc) is 2.35. The van der Waals surface area contributed by atoms with Crippen LogP contribution < -0.4 is 4.74 Å². The Morgan fingerprint density at radius 2 is 1.81 bits per heavy atom. The first kappa shape index (κ1) is 13.0. The largest absolute Gasteiger partial charge is 0.494 e. The lowest BCUT2D eigenvalue weighted by molar-refractivity contribution is 0.145. The van der Waals surface area contributed by atoms with Crippen molar-refractivity contribution in [2.75, 3.05) is 6.61 Å². The fraction of sp³-hybridized carbons (Fsp3) is 0.571. The van der Waals surface area contributed by atoms with Crippen LogP contribution in [0.5, 0.6) is 5.75 Å². The van der Waals surface area contributed by atoms with Gasteiger partial charge in [0.15, 0.2) is 0 Å². The Morgan fingerprint density at radius 1 is 1.19 bits per heavy atom. The van der Waals surface area contributed by atoms with Gasteiger partial charge in [-0.3, -0.25) is 0 Å². The van der Waals surface area contributed by atoms with Gasteiger partial charge in [0.25, 0.3) is 0 Å². The van der Waals surface area contributed by atoms with E-state index < -0.39 is 0 Å². The Labute approximate surface area is 98.3 Å². The molecule has 0 heterocycles. The van der Waals surface area contributed by atoms with Gasteiger partial charge >= 0.3 is 0 Å². The fourth-order valence-corrected chi connectivity index (χ4v) is 1.66. The van der Waals surface area contributed by atoms with Crippen LogP contribution in [0.2, 0.25) is 0 Å². The number of benzene rings is 1. The molecule has 0 amide bonds. The van der Waals surface area contributed by atoms with Crippen LogP contribution in [-0.4, -0.2) is 17.8 Å². The second kappa shape index (κ2) is 6.54. The quantitative estimate of drug-likeness (QED) is 0.799. The van der Waals surface area contributed by atoms with Crippen molar-refractivity contribution in [3.8, 4) is 5.75 Å². The van der Waals surface area contributed by atoms with Crippen molar-refractivity contribution in [2.45, 2.75) is 45.6 Å². The number of rotatable bonds is 6. The van der Waals surface area contributed by atoms with Crippen LogP contribution in [0.4, 0.5) is 0 Å². The van der Waals surface area contributed by atoms with Gasteiger partial charge in [0, 0.05) is 5.92 Å². The lowest BCUT2D eigenvalue weighted by Gasteiger charge is -2.17. The zero-order valence-electron chi connectivity index (χ0n) is 10.4. The predicted octanol–water partition coefficient (Wildman–Crippen LogP) is 3.35. The topological polar surface area (TPSA) is 29.5 Å². The summed E-state index contributed by atoms with van der Waals surface area (Å²) >= 11 is 0. The van der Waals surface area contributed by atoms with Gasteiger partial charge in [-0.2, -0.15) is 0 Å². The summed E-state index contributed by atoms with van der Waals surface area (Å²) in [6, 6.07) is 8.02. The second-order valence-electron chi connectivity index (χ2n) is 4.18. The molecule has 1 aromatic carbocycles. The molecule has 0 fully saturated rings. The molecule has 0 aliphatic rings. The summed E-state index contributed by atoms with van der Waals surface area (Å²) in [5.41, 5.74) is 1.16. The summed E-state index contributed by atoms with van der Waals surface area (Å²) in [7, 11) is 0. The van der Waals surface area contributed by atoms with E-state index in [9.17, 15) is 5.11 Å². The van der Waals surface area contributed by atoms with E-state index in [2.05, 4.69) is 13.8 Å². The van der Waals surface area contributed by atoms with E-state index >= 15 is 0 Å². The second-order valence-corrected chi connectivity index (χ2v) is 4.18. The Balaban J connectivity index is 2.63. The summed E-state index contributed by atoms with van der Waals surface area (Å²) in [6.45, 7) is 6.90. The lowest BCUT2D eigenvalue weighted by atomic mass is 9.94. The van der Waals surface area contributed by atoms with Gasteiger partial charge in [-0.15, -0.1) is 0 Å². The number of hydrogen-bond donors (Lipinski definition) is 1. The van der Waals surface area contributed by atoms with Crippen molar-refractivity contribution in [1.29, 1.82) is 0 Å². The van der Waals surface area contributed by atoms with Crippen molar-refractivity contribution in [1.82, 2.24) is 0 Å². The molecule has 1 aromatic rings. The molecule has 0 aromatic heterocycles. The van der Waals surface area contributed by atoms with Crippen LogP contribution in [0.3, 0.4) is 0 Å². The van der Waals surface area contributed by atoms with Crippen molar-refractivity contribution >= 4 is 0 Å². The molecular formula is C14H22O2. The van der Waals surface area contributed by atoms with E-state index in [0.717, 1.165) is 30.8 Å². The SMILES string of the molecule is CCCOc1ccc(C(C)C(O)CC)cc1. The third-order valence-corrected chi connectivity index (χ3v) is 2.87. The fourth-order valence-electron chi connectivity index (χ4n) is 1.66. The minimum atomic E-state index is -0.262. The van der Waals surface area contributed by atoms with Crippen molar-refractivity contribution in [3.05, 3.63) is 29.8 Å². The molecule has 0 aliphatic carbocycles. The number of aliphatic hydroxyl groups is 1. The first-order chi connectivity index (χ1) is 7.69. The van der Waals surface area contributed by atoms with Crippen molar-refractivity contribution < 1.29 is 9.84 Å². The molecule has 0 saturated carbocycles. The molecule has 0 saturated heterocycles. The van der Waals surface area contributed by atoms with Gasteiger partial charge in [-0.25, -0.2) is 0 Å². The highest BCUT2D eigenvalue weighted by molar-refractivity contribution is 5.29. The number of ether oxygens (including phenoxy) is 1. The maximum absolute atomic E-state index is 9.76. The van der Waals surface area contributed by atoms with Crippen LogP contribution in [0, 0.1) is 0 Å². The number of aliphatic hydroxyl groups excluding tert-OH is 1. The van der Waals surface area contributed by atoms with Gasteiger partial charge in [-0.05, 0) is 30.5 Å². The van der Waals surface area contributed by atoms with Crippen molar-refractivity contribution in [2.24, 2.45) is 0 Å². The van der Waals surface area contributed by atoms with Crippen LogP contribution in [0.25, 0.3) is 0 Å². The first-order valence-corrected chi connectivity index (χ1v) is 6.09. The zero-order chi connectivity index (χ0) is 12.0. The third-order valence-electron chi connectivity index (χ3n) is 2.87. The summed E-state index contributed by atoms with van der Waals surface area (Å²) in [5.74, 6) is 1.09. The molecule has 0 bridgehead atoms. The molecule has 2 atom stereocenters. The molecule has 0 aliphatic heterocycles. The Hall–Kier alpha value is -1.02. The minimum Gasteiger partial charge on any atom is -0.494 e. The standard InChI is InChI=1S/C14H22O2/c1-4-10-16-13-8-6-12(7-9-13)11(3)14(15)5-2/h6-9,11,14-15H,4-5,10H2,1-3H3. The van der Waals surface area contributed by atoms with Gasteiger partial charge in [-0.1, -0.05) is 32.9 Å². The third kappa shape index (κ3) is 3.53. The minimum absolute atomic E-state index is 0.185. The Morgan fingerprint density at radius 3 is 2.31 bits per heavy atom. The highest BCUT2D eigenvalue weighted by Crippen LogP contribution is 2.23. The molecule has 1 N–H and O–H groups in total. The van der Waals surface area contributed by atoms with Gasteiger partial charge in [0.05, 0.1) is 12.7 Å². The molecule has 0 spiro atoms. The normalized spacial score (nSPS) is 14.5. The van der Waals surface area contributed by atoms with E-state index in [0.29, 0.717) is 0 Å². The highest BCUT2D eigenvalue weighted by Gasteiger charge is 2.13. The van der Waals surface area contributed by atoms with E-state index in [1.165, 1.54) is 0 Å². The monoisotopic (exact) mass is 222 g/mol. The summed E-state index contributed by atoms with van der Waals surface area (Å²) in [4.78, 5) is 0. The maximum Gasteiger partial charge on any atom is 0.119 e. The molecule has 2 nitrogen and oxygen atoms in total. The molecule has 2 heteroatoms.